The zero-order chi connectivity index (χ0) is 23.0. The van der Waals surface area contributed by atoms with Gasteiger partial charge in [0.25, 0.3) is 0 Å². The van der Waals surface area contributed by atoms with Gasteiger partial charge in [-0.1, -0.05) is 56.0 Å². The Morgan fingerprint density at radius 1 is 1.03 bits per heavy atom. The second kappa shape index (κ2) is 10.8. The first-order valence-electron chi connectivity index (χ1n) is 9.74. The van der Waals surface area contributed by atoms with E-state index < -0.39 is 11.9 Å². The summed E-state index contributed by atoms with van der Waals surface area (Å²) in [7, 11) is 0. The summed E-state index contributed by atoms with van der Waals surface area (Å²) in [6.45, 7) is 4.87. The minimum atomic E-state index is -1.04. The lowest BCUT2D eigenvalue weighted by Gasteiger charge is -2.11. The average Bonchev–Trinajstić information content (AvgIpc) is 2.76. The summed E-state index contributed by atoms with van der Waals surface area (Å²) in [5.74, 6) is -1.94. The molecular weight excluding hydrogens is 394 g/mol. The summed E-state index contributed by atoms with van der Waals surface area (Å²) < 4.78 is 0. The summed E-state index contributed by atoms with van der Waals surface area (Å²) in [6.07, 6.45) is 3.68. The molecule has 0 saturated heterocycles. The van der Waals surface area contributed by atoms with E-state index in [1.807, 2.05) is 49.4 Å². The van der Waals surface area contributed by atoms with Crippen molar-refractivity contribution in [3.63, 3.8) is 0 Å². The van der Waals surface area contributed by atoms with Crippen molar-refractivity contribution in [1.82, 2.24) is 0 Å². The van der Waals surface area contributed by atoms with Gasteiger partial charge >= 0.3 is 11.9 Å². The van der Waals surface area contributed by atoms with E-state index in [4.69, 9.17) is 15.6 Å². The molecule has 3 aromatic carbocycles. The number of aliphatic carboxylic acids is 2. The van der Waals surface area contributed by atoms with Gasteiger partial charge in [-0.3, -0.25) is 0 Å². The molecule has 6 nitrogen and oxygen atoms in total. The Labute approximate surface area is 180 Å². The number of carbonyl (C=O) groups is 2. The highest BCUT2D eigenvalue weighted by molar-refractivity contribution is 6.15. The van der Waals surface area contributed by atoms with Crippen LogP contribution in [-0.4, -0.2) is 40.1 Å². The summed E-state index contributed by atoms with van der Waals surface area (Å²) in [5, 5.41) is 37.4. The number of nitrogens with one attached hydrogen (secondary N) is 1. The maximum Gasteiger partial charge on any atom is 0.331 e. The predicted molar refractivity (Wildman–Crippen MR) is 124 cm³/mol. The molecule has 3 rings (SSSR count). The number of benzene rings is 3. The third-order valence-corrected chi connectivity index (χ3v) is 4.81. The summed E-state index contributed by atoms with van der Waals surface area (Å²) in [5.41, 5.74) is 2.07. The highest BCUT2D eigenvalue weighted by Gasteiger charge is 2.11. The molecule has 0 bridgehead atoms. The van der Waals surface area contributed by atoms with Crippen LogP contribution in [0.4, 0.5) is 0 Å². The molecule has 0 unspecified atom stereocenters. The van der Waals surface area contributed by atoms with Crippen LogP contribution in [-0.2, 0) is 9.59 Å². The molecule has 160 valence electrons. The van der Waals surface area contributed by atoms with E-state index in [1.54, 1.807) is 6.08 Å². The molecule has 4 N–H and O–H groups in total. The molecule has 0 saturated carbocycles. The van der Waals surface area contributed by atoms with E-state index in [2.05, 4.69) is 12.6 Å². The number of aliphatic hydroxyl groups is 1. The molecule has 0 amide bonds. The molecule has 3 aromatic rings. The smallest absolute Gasteiger partial charge is 0.331 e. The SMILES string of the molecule is C=C(CCO)C(=O)O.CCC(=Cc1cccc2cc3ccccc3c(C=N)c12)C(=O)O. The zero-order valence-corrected chi connectivity index (χ0v) is 17.3. The van der Waals surface area contributed by atoms with E-state index in [0.29, 0.717) is 12.0 Å². The Kier molecular flexibility index (Phi) is 8.23. The lowest BCUT2D eigenvalue weighted by atomic mass is 9.93. The lowest BCUT2D eigenvalue weighted by Crippen LogP contribution is -2.00. The largest absolute Gasteiger partial charge is 0.478 e. The van der Waals surface area contributed by atoms with Crippen molar-refractivity contribution in [3.8, 4) is 0 Å². The molecule has 0 heterocycles. The quantitative estimate of drug-likeness (QED) is 0.247. The van der Waals surface area contributed by atoms with Crippen LogP contribution >= 0.6 is 0 Å². The number of fused-ring (bicyclic) bond motifs is 2. The molecule has 0 radical (unpaired) electrons. The number of carboxylic acid groups (broad SMARTS) is 2. The third-order valence-electron chi connectivity index (χ3n) is 4.81. The maximum absolute atomic E-state index is 11.3. The fraction of sp³-hybridized carbons (Fsp3) is 0.160. The van der Waals surface area contributed by atoms with Crippen LogP contribution < -0.4 is 0 Å². The molecule has 0 aliphatic heterocycles. The van der Waals surface area contributed by atoms with E-state index in [9.17, 15) is 14.7 Å². The molecule has 0 aliphatic rings. The van der Waals surface area contributed by atoms with E-state index in [0.717, 1.165) is 32.7 Å². The van der Waals surface area contributed by atoms with Crippen molar-refractivity contribution in [1.29, 1.82) is 5.41 Å². The molecule has 31 heavy (non-hydrogen) atoms. The van der Waals surface area contributed by atoms with E-state index in [1.165, 1.54) is 6.21 Å². The van der Waals surface area contributed by atoms with Crippen LogP contribution in [0.1, 0.15) is 30.9 Å². The van der Waals surface area contributed by atoms with Gasteiger partial charge < -0.3 is 20.7 Å². The third kappa shape index (κ3) is 5.65. The number of hydrogen-bond acceptors (Lipinski definition) is 4. The number of hydrogen-bond donors (Lipinski definition) is 4. The highest BCUT2D eigenvalue weighted by Crippen LogP contribution is 2.31. The molecule has 0 atom stereocenters. The Morgan fingerprint density at radius 3 is 2.26 bits per heavy atom. The predicted octanol–water partition coefficient (Wildman–Crippen LogP) is 4.88. The van der Waals surface area contributed by atoms with Gasteiger partial charge in [0.15, 0.2) is 0 Å². The number of carboxylic acids is 2. The van der Waals surface area contributed by atoms with Crippen LogP contribution in [0.25, 0.3) is 27.6 Å². The average molecular weight is 419 g/mol. The second-order valence-corrected chi connectivity index (χ2v) is 6.81. The highest BCUT2D eigenvalue weighted by atomic mass is 16.4. The summed E-state index contributed by atoms with van der Waals surface area (Å²) >= 11 is 0. The van der Waals surface area contributed by atoms with Crippen molar-refractivity contribution in [2.75, 3.05) is 6.61 Å². The number of rotatable bonds is 7. The second-order valence-electron chi connectivity index (χ2n) is 6.81. The van der Waals surface area contributed by atoms with Crippen LogP contribution in [0.15, 0.2) is 66.3 Å². The van der Waals surface area contributed by atoms with Gasteiger partial charge in [-0.2, -0.15) is 0 Å². The Bertz CT molecular complexity index is 1180. The minimum absolute atomic E-state index is 0.0486. The van der Waals surface area contributed by atoms with Crippen molar-refractivity contribution < 1.29 is 24.9 Å². The molecule has 0 aliphatic carbocycles. The van der Waals surface area contributed by atoms with E-state index >= 15 is 0 Å². The molecule has 0 aromatic heterocycles. The molecule has 6 heteroatoms. The van der Waals surface area contributed by atoms with Gasteiger partial charge in [-0.25, -0.2) is 9.59 Å². The fourth-order valence-corrected chi connectivity index (χ4v) is 3.21. The summed E-state index contributed by atoms with van der Waals surface area (Å²) in [6, 6.07) is 15.9. The van der Waals surface area contributed by atoms with Gasteiger partial charge in [0.1, 0.15) is 0 Å². The van der Waals surface area contributed by atoms with Crippen molar-refractivity contribution in [2.45, 2.75) is 19.8 Å². The van der Waals surface area contributed by atoms with Gasteiger partial charge in [0.05, 0.1) is 0 Å². The summed E-state index contributed by atoms with van der Waals surface area (Å²) in [4.78, 5) is 21.2. The monoisotopic (exact) mass is 419 g/mol. The van der Waals surface area contributed by atoms with Crippen molar-refractivity contribution >= 4 is 45.8 Å². The Morgan fingerprint density at radius 2 is 1.71 bits per heavy atom. The van der Waals surface area contributed by atoms with Crippen LogP contribution in [0.3, 0.4) is 0 Å². The normalized spacial score (nSPS) is 11.0. The Balaban J connectivity index is 0.000000366. The zero-order valence-electron chi connectivity index (χ0n) is 17.3. The Hall–Kier alpha value is -3.77. The van der Waals surface area contributed by atoms with Gasteiger partial charge in [0.2, 0.25) is 0 Å². The number of aliphatic hydroxyl groups excluding tert-OH is 1. The molecular formula is C25H25NO5. The van der Waals surface area contributed by atoms with Gasteiger partial charge in [-0.15, -0.1) is 0 Å². The topological polar surface area (TPSA) is 119 Å². The van der Waals surface area contributed by atoms with Gasteiger partial charge in [0, 0.05) is 36.0 Å². The molecule has 0 spiro atoms. The van der Waals surface area contributed by atoms with Crippen LogP contribution in [0, 0.1) is 5.41 Å². The lowest BCUT2D eigenvalue weighted by molar-refractivity contribution is -0.133. The first-order chi connectivity index (χ1) is 14.8. The minimum Gasteiger partial charge on any atom is -0.478 e. The molecule has 0 fully saturated rings. The first kappa shape index (κ1) is 23.5. The van der Waals surface area contributed by atoms with E-state index in [-0.39, 0.29) is 18.6 Å². The van der Waals surface area contributed by atoms with Crippen molar-refractivity contribution in [3.05, 3.63) is 77.4 Å². The van der Waals surface area contributed by atoms with Crippen molar-refractivity contribution in [2.24, 2.45) is 0 Å². The van der Waals surface area contributed by atoms with Crippen LogP contribution in [0.5, 0.6) is 0 Å². The standard InChI is InChI=1S/C20H17NO2.C5H8O3/c1-2-13(20(22)23)10-15-7-5-8-16-11-14-6-3-4-9-17(14)18(12-21)19(15)16;1-4(2-3-6)5(7)8/h3-12,21H,2H2,1H3,(H,22,23);6H,1-3H2,(H,7,8). The van der Waals surface area contributed by atoms with Crippen LogP contribution in [0.2, 0.25) is 0 Å². The van der Waals surface area contributed by atoms with Gasteiger partial charge in [-0.05, 0) is 45.7 Å². The fourth-order valence-electron chi connectivity index (χ4n) is 3.21. The maximum atomic E-state index is 11.3. The first-order valence-corrected chi connectivity index (χ1v) is 9.74.